The molecule has 0 spiro atoms. The molecule has 0 amide bonds. The van der Waals surface area contributed by atoms with Gasteiger partial charge in [0.25, 0.3) is 0 Å². The van der Waals surface area contributed by atoms with Crippen molar-refractivity contribution in [2.24, 2.45) is 23.7 Å². The molecule has 0 nitrogen and oxygen atoms in total. The molecule has 1 rings (SSSR count). The van der Waals surface area contributed by atoms with Crippen LogP contribution in [0.5, 0.6) is 0 Å². The summed E-state index contributed by atoms with van der Waals surface area (Å²) in [5, 5.41) is 0. The normalized spacial score (nSPS) is 37.2. The summed E-state index contributed by atoms with van der Waals surface area (Å²) in [6.45, 7) is 9.54. The van der Waals surface area contributed by atoms with Crippen molar-refractivity contribution < 1.29 is 0 Å². The van der Waals surface area contributed by atoms with Crippen LogP contribution in [0.15, 0.2) is 0 Å². The van der Waals surface area contributed by atoms with Crippen LogP contribution in [-0.2, 0) is 0 Å². The molecule has 0 heteroatoms. The van der Waals surface area contributed by atoms with E-state index in [4.69, 9.17) is 0 Å². The lowest BCUT2D eigenvalue weighted by Crippen LogP contribution is -2.20. The molecule has 1 aliphatic carbocycles. The van der Waals surface area contributed by atoms with Crippen molar-refractivity contribution in [2.75, 3.05) is 0 Å². The van der Waals surface area contributed by atoms with Crippen LogP contribution < -0.4 is 0 Å². The molecule has 1 aliphatic rings. The Hall–Kier alpha value is 0. The first-order valence-corrected chi connectivity index (χ1v) is 5.58. The average Bonchev–Trinajstić information content (AvgIpc) is 1.81. The summed E-state index contributed by atoms with van der Waals surface area (Å²) in [7, 11) is 0. The highest BCUT2D eigenvalue weighted by molar-refractivity contribution is 4.75. The van der Waals surface area contributed by atoms with Crippen molar-refractivity contribution in [2.45, 2.75) is 53.4 Å². The molecule has 0 radical (unpaired) electrons. The summed E-state index contributed by atoms with van der Waals surface area (Å²) < 4.78 is 0. The van der Waals surface area contributed by atoms with E-state index in [1.807, 2.05) is 0 Å². The predicted molar refractivity (Wildman–Crippen MR) is 55.1 cm³/mol. The van der Waals surface area contributed by atoms with Crippen molar-refractivity contribution >= 4 is 0 Å². The van der Waals surface area contributed by atoms with Crippen molar-refractivity contribution in [3.8, 4) is 0 Å². The fourth-order valence-electron chi connectivity index (χ4n) is 2.97. The van der Waals surface area contributed by atoms with Gasteiger partial charge in [0.05, 0.1) is 0 Å². The van der Waals surface area contributed by atoms with Gasteiger partial charge in [-0.3, -0.25) is 0 Å². The van der Waals surface area contributed by atoms with Gasteiger partial charge in [0.15, 0.2) is 0 Å². The summed E-state index contributed by atoms with van der Waals surface area (Å²) in [5.41, 5.74) is 0. The highest BCUT2D eigenvalue weighted by Gasteiger charge is 2.23. The standard InChI is InChI=1S/C12H24/c1-9(2)5-12-7-10(3)6-11(4)8-12/h9-12H,5-8H2,1-4H3/t10-,11?,12?/m0/s1. The van der Waals surface area contributed by atoms with Gasteiger partial charge in [-0.05, 0) is 49.4 Å². The monoisotopic (exact) mass is 168 g/mol. The van der Waals surface area contributed by atoms with Gasteiger partial charge in [-0.1, -0.05) is 27.7 Å². The van der Waals surface area contributed by atoms with Gasteiger partial charge in [0.2, 0.25) is 0 Å². The highest BCUT2D eigenvalue weighted by Crippen LogP contribution is 2.35. The third-order valence-electron chi connectivity index (χ3n) is 3.08. The van der Waals surface area contributed by atoms with Crippen molar-refractivity contribution in [1.82, 2.24) is 0 Å². The van der Waals surface area contributed by atoms with Crippen LogP contribution >= 0.6 is 0 Å². The fourth-order valence-corrected chi connectivity index (χ4v) is 2.97. The van der Waals surface area contributed by atoms with Crippen LogP contribution in [-0.4, -0.2) is 0 Å². The zero-order valence-electron chi connectivity index (χ0n) is 9.14. The molecule has 0 aromatic carbocycles. The quantitative estimate of drug-likeness (QED) is 0.582. The molecule has 0 aromatic heterocycles. The first-order chi connectivity index (χ1) is 5.58. The Balaban J connectivity index is 2.34. The average molecular weight is 168 g/mol. The highest BCUT2D eigenvalue weighted by atomic mass is 14.3. The van der Waals surface area contributed by atoms with Gasteiger partial charge in [-0.15, -0.1) is 0 Å². The fraction of sp³-hybridized carbons (Fsp3) is 1.00. The Morgan fingerprint density at radius 1 is 1.00 bits per heavy atom. The summed E-state index contributed by atoms with van der Waals surface area (Å²) in [4.78, 5) is 0. The summed E-state index contributed by atoms with van der Waals surface area (Å²) in [6, 6.07) is 0. The molecule has 3 atom stereocenters. The van der Waals surface area contributed by atoms with Crippen LogP contribution in [0.2, 0.25) is 0 Å². The van der Waals surface area contributed by atoms with E-state index in [1.54, 1.807) is 0 Å². The van der Waals surface area contributed by atoms with Crippen molar-refractivity contribution in [3.05, 3.63) is 0 Å². The Kier molecular flexibility index (Phi) is 3.61. The maximum atomic E-state index is 2.42. The van der Waals surface area contributed by atoms with Crippen LogP contribution in [0.3, 0.4) is 0 Å². The molecule has 1 saturated carbocycles. The smallest absolute Gasteiger partial charge is 0.0407 e. The minimum absolute atomic E-state index is 0.896. The lowest BCUT2D eigenvalue weighted by Gasteiger charge is -2.32. The lowest BCUT2D eigenvalue weighted by atomic mass is 9.74. The second-order valence-electron chi connectivity index (χ2n) is 5.41. The molecule has 0 heterocycles. The van der Waals surface area contributed by atoms with E-state index in [2.05, 4.69) is 27.7 Å². The van der Waals surface area contributed by atoms with E-state index in [-0.39, 0.29) is 0 Å². The van der Waals surface area contributed by atoms with Crippen LogP contribution in [0.4, 0.5) is 0 Å². The maximum absolute atomic E-state index is 2.42. The second-order valence-corrected chi connectivity index (χ2v) is 5.41. The van der Waals surface area contributed by atoms with Gasteiger partial charge in [0, 0.05) is 0 Å². The molecular weight excluding hydrogens is 144 g/mol. The molecular formula is C12H24. The molecule has 12 heavy (non-hydrogen) atoms. The Labute approximate surface area is 77.7 Å². The first kappa shape index (κ1) is 10.1. The SMILES string of the molecule is CC(C)CC1CC(C)C[C@H](C)C1. The summed E-state index contributed by atoms with van der Waals surface area (Å²) in [5.74, 6) is 3.89. The van der Waals surface area contributed by atoms with E-state index < -0.39 is 0 Å². The number of rotatable bonds is 2. The first-order valence-electron chi connectivity index (χ1n) is 5.58. The second kappa shape index (κ2) is 4.30. The van der Waals surface area contributed by atoms with E-state index >= 15 is 0 Å². The molecule has 0 aromatic rings. The largest absolute Gasteiger partial charge is 0.0628 e. The van der Waals surface area contributed by atoms with E-state index in [0.717, 1.165) is 23.7 Å². The van der Waals surface area contributed by atoms with Gasteiger partial charge < -0.3 is 0 Å². The summed E-state index contributed by atoms with van der Waals surface area (Å²) >= 11 is 0. The maximum Gasteiger partial charge on any atom is -0.0407 e. The number of hydrogen-bond donors (Lipinski definition) is 0. The lowest BCUT2D eigenvalue weighted by molar-refractivity contribution is 0.195. The van der Waals surface area contributed by atoms with Gasteiger partial charge in [0.1, 0.15) is 0 Å². The Bertz CT molecular complexity index is 113. The molecule has 0 N–H and O–H groups in total. The zero-order valence-corrected chi connectivity index (χ0v) is 9.14. The minimum Gasteiger partial charge on any atom is -0.0628 e. The predicted octanol–water partition coefficient (Wildman–Crippen LogP) is 4.10. The van der Waals surface area contributed by atoms with Gasteiger partial charge in [-0.25, -0.2) is 0 Å². The van der Waals surface area contributed by atoms with Crippen molar-refractivity contribution in [3.63, 3.8) is 0 Å². The van der Waals surface area contributed by atoms with Crippen LogP contribution in [0.25, 0.3) is 0 Å². The molecule has 1 fully saturated rings. The zero-order chi connectivity index (χ0) is 9.14. The van der Waals surface area contributed by atoms with Gasteiger partial charge >= 0.3 is 0 Å². The molecule has 2 unspecified atom stereocenters. The molecule has 0 aliphatic heterocycles. The van der Waals surface area contributed by atoms with E-state index in [0.29, 0.717) is 0 Å². The van der Waals surface area contributed by atoms with Crippen LogP contribution in [0.1, 0.15) is 53.4 Å². The molecule has 72 valence electrons. The summed E-state index contributed by atoms with van der Waals surface area (Å²) in [6.07, 6.45) is 5.90. The Morgan fingerprint density at radius 3 is 1.92 bits per heavy atom. The van der Waals surface area contributed by atoms with E-state index in [1.165, 1.54) is 25.7 Å². The minimum atomic E-state index is 0.896. The van der Waals surface area contributed by atoms with Crippen molar-refractivity contribution in [1.29, 1.82) is 0 Å². The van der Waals surface area contributed by atoms with Gasteiger partial charge in [-0.2, -0.15) is 0 Å². The topological polar surface area (TPSA) is 0 Å². The van der Waals surface area contributed by atoms with E-state index in [9.17, 15) is 0 Å². The molecule has 0 bridgehead atoms. The third-order valence-corrected chi connectivity index (χ3v) is 3.08. The van der Waals surface area contributed by atoms with Crippen LogP contribution in [0, 0.1) is 23.7 Å². The number of hydrogen-bond acceptors (Lipinski definition) is 0. The third kappa shape index (κ3) is 3.16. The molecule has 0 saturated heterocycles. The Morgan fingerprint density at radius 2 is 1.50 bits per heavy atom.